The first-order valence-corrected chi connectivity index (χ1v) is 10.1. The number of ether oxygens (including phenoxy) is 3. The SMILES string of the molecule is CCOc1ccc(Nc2nc([C@]3(C)C[C@@]4(C[C@@H](C)OC4=O)C(=O)O3)cs2)cc1. The van der Waals surface area contributed by atoms with Crippen molar-refractivity contribution in [2.24, 2.45) is 5.41 Å². The van der Waals surface area contributed by atoms with Crippen molar-refractivity contribution in [2.45, 2.75) is 45.3 Å². The number of rotatable bonds is 5. The average molecular weight is 402 g/mol. The Balaban J connectivity index is 1.51. The van der Waals surface area contributed by atoms with Crippen molar-refractivity contribution in [1.82, 2.24) is 4.98 Å². The number of benzene rings is 1. The van der Waals surface area contributed by atoms with Crippen LogP contribution in [0.15, 0.2) is 29.6 Å². The molecule has 0 radical (unpaired) electrons. The van der Waals surface area contributed by atoms with Crippen LogP contribution in [0.2, 0.25) is 0 Å². The molecule has 7 nitrogen and oxygen atoms in total. The predicted molar refractivity (Wildman–Crippen MR) is 104 cm³/mol. The number of nitrogens with zero attached hydrogens (tertiary/aromatic N) is 1. The number of aromatic nitrogens is 1. The van der Waals surface area contributed by atoms with Gasteiger partial charge in [-0.15, -0.1) is 11.3 Å². The molecule has 0 bridgehead atoms. The molecular weight excluding hydrogens is 380 g/mol. The van der Waals surface area contributed by atoms with E-state index in [9.17, 15) is 9.59 Å². The lowest BCUT2D eigenvalue weighted by atomic mass is 9.78. The summed E-state index contributed by atoms with van der Waals surface area (Å²) in [7, 11) is 0. The number of esters is 2. The van der Waals surface area contributed by atoms with Crippen molar-refractivity contribution in [3.63, 3.8) is 0 Å². The minimum Gasteiger partial charge on any atom is -0.494 e. The second-order valence-electron chi connectivity index (χ2n) is 7.42. The first-order chi connectivity index (χ1) is 13.3. The summed E-state index contributed by atoms with van der Waals surface area (Å²) >= 11 is 1.42. The van der Waals surface area contributed by atoms with Crippen LogP contribution in [0.25, 0.3) is 0 Å². The van der Waals surface area contributed by atoms with Gasteiger partial charge in [-0.3, -0.25) is 9.59 Å². The predicted octanol–water partition coefficient (Wildman–Crippen LogP) is 3.77. The summed E-state index contributed by atoms with van der Waals surface area (Å²) in [5.41, 5.74) is -0.651. The largest absolute Gasteiger partial charge is 0.494 e. The average Bonchev–Trinajstić information content (AvgIpc) is 3.29. The lowest BCUT2D eigenvalue weighted by molar-refractivity contribution is -0.160. The first kappa shape index (κ1) is 18.7. The van der Waals surface area contributed by atoms with Crippen molar-refractivity contribution >= 4 is 34.1 Å². The van der Waals surface area contributed by atoms with Gasteiger partial charge in [0, 0.05) is 23.9 Å². The van der Waals surface area contributed by atoms with Gasteiger partial charge in [-0.2, -0.15) is 0 Å². The minimum absolute atomic E-state index is 0.244. The van der Waals surface area contributed by atoms with Crippen molar-refractivity contribution in [3.05, 3.63) is 35.3 Å². The Kier molecular flexibility index (Phi) is 4.53. The fraction of sp³-hybridized carbons (Fsp3) is 0.450. The van der Waals surface area contributed by atoms with Crippen molar-refractivity contribution in [2.75, 3.05) is 11.9 Å². The van der Waals surface area contributed by atoms with Crippen LogP contribution in [0.3, 0.4) is 0 Å². The van der Waals surface area contributed by atoms with Gasteiger partial charge in [-0.25, -0.2) is 4.98 Å². The molecule has 2 aliphatic heterocycles. The zero-order chi connectivity index (χ0) is 19.9. The molecule has 148 valence electrons. The molecular formula is C20H22N2O5S. The first-order valence-electron chi connectivity index (χ1n) is 9.25. The van der Waals surface area contributed by atoms with Crippen LogP contribution in [0.5, 0.6) is 5.75 Å². The van der Waals surface area contributed by atoms with E-state index in [2.05, 4.69) is 10.3 Å². The summed E-state index contributed by atoms with van der Waals surface area (Å²) in [6, 6.07) is 7.59. The van der Waals surface area contributed by atoms with E-state index in [1.807, 2.05) is 36.6 Å². The fourth-order valence-corrected chi connectivity index (χ4v) is 4.70. The number of hydrogen-bond donors (Lipinski definition) is 1. The van der Waals surface area contributed by atoms with Crippen LogP contribution in [0.4, 0.5) is 10.8 Å². The molecule has 1 N–H and O–H groups in total. The van der Waals surface area contributed by atoms with Crippen molar-refractivity contribution in [3.8, 4) is 5.75 Å². The Morgan fingerprint density at radius 2 is 2.04 bits per heavy atom. The molecule has 2 aliphatic rings. The highest BCUT2D eigenvalue weighted by Gasteiger charge is 2.65. The monoisotopic (exact) mass is 402 g/mol. The third-order valence-corrected chi connectivity index (χ3v) is 5.90. The number of thiazole rings is 1. The van der Waals surface area contributed by atoms with Gasteiger partial charge in [0.1, 0.15) is 11.9 Å². The van der Waals surface area contributed by atoms with E-state index in [1.165, 1.54) is 11.3 Å². The van der Waals surface area contributed by atoms with E-state index in [-0.39, 0.29) is 12.5 Å². The van der Waals surface area contributed by atoms with Gasteiger partial charge in [-0.1, -0.05) is 0 Å². The molecule has 1 spiro atoms. The van der Waals surface area contributed by atoms with E-state index >= 15 is 0 Å². The maximum atomic E-state index is 12.6. The van der Waals surface area contributed by atoms with Gasteiger partial charge >= 0.3 is 11.9 Å². The molecule has 2 aromatic rings. The topological polar surface area (TPSA) is 86.8 Å². The quantitative estimate of drug-likeness (QED) is 0.602. The number of carbonyl (C=O) groups excluding carboxylic acids is 2. The number of anilines is 2. The van der Waals surface area contributed by atoms with E-state index in [1.54, 1.807) is 13.8 Å². The van der Waals surface area contributed by atoms with E-state index in [0.717, 1.165) is 11.4 Å². The Morgan fingerprint density at radius 3 is 2.68 bits per heavy atom. The lowest BCUT2D eigenvalue weighted by Gasteiger charge is -2.20. The van der Waals surface area contributed by atoms with Crippen LogP contribution >= 0.6 is 11.3 Å². The Labute approximate surface area is 167 Å². The molecule has 0 amide bonds. The zero-order valence-electron chi connectivity index (χ0n) is 16.0. The van der Waals surface area contributed by atoms with Crippen LogP contribution < -0.4 is 10.1 Å². The van der Waals surface area contributed by atoms with Crippen LogP contribution in [-0.2, 0) is 24.7 Å². The molecule has 4 rings (SSSR count). The highest BCUT2D eigenvalue weighted by molar-refractivity contribution is 7.13. The lowest BCUT2D eigenvalue weighted by Crippen LogP contribution is -2.31. The summed E-state index contributed by atoms with van der Waals surface area (Å²) < 4.78 is 16.3. The third kappa shape index (κ3) is 3.11. The molecule has 0 aliphatic carbocycles. The molecule has 2 saturated heterocycles. The third-order valence-electron chi connectivity index (χ3n) is 5.15. The number of carbonyl (C=O) groups is 2. The molecule has 1 aromatic heterocycles. The highest BCUT2D eigenvalue weighted by atomic mass is 32.1. The summed E-state index contributed by atoms with van der Waals surface area (Å²) in [6.45, 7) is 6.15. The maximum Gasteiger partial charge on any atom is 0.324 e. The fourth-order valence-electron chi connectivity index (χ4n) is 3.85. The van der Waals surface area contributed by atoms with Crippen LogP contribution in [0.1, 0.15) is 39.3 Å². The maximum absolute atomic E-state index is 12.6. The van der Waals surface area contributed by atoms with E-state index in [0.29, 0.717) is 23.9 Å². The second kappa shape index (κ2) is 6.77. The van der Waals surface area contributed by atoms with Gasteiger partial charge in [0.15, 0.2) is 16.1 Å². The molecule has 0 saturated carbocycles. The van der Waals surface area contributed by atoms with Gasteiger partial charge < -0.3 is 19.5 Å². The van der Waals surface area contributed by atoms with E-state index in [4.69, 9.17) is 14.2 Å². The van der Waals surface area contributed by atoms with Gasteiger partial charge in [0.2, 0.25) is 0 Å². The van der Waals surface area contributed by atoms with E-state index < -0.39 is 23.0 Å². The summed E-state index contributed by atoms with van der Waals surface area (Å²) in [6.07, 6.45) is 0.311. The molecule has 1 aromatic carbocycles. The molecule has 8 heteroatoms. The summed E-state index contributed by atoms with van der Waals surface area (Å²) in [4.78, 5) is 29.4. The van der Waals surface area contributed by atoms with Crippen LogP contribution in [0, 0.1) is 5.41 Å². The molecule has 0 unspecified atom stereocenters. The van der Waals surface area contributed by atoms with Gasteiger partial charge in [-0.05, 0) is 45.0 Å². The Morgan fingerprint density at radius 1 is 1.29 bits per heavy atom. The van der Waals surface area contributed by atoms with Gasteiger partial charge in [0.05, 0.1) is 12.3 Å². The molecule has 28 heavy (non-hydrogen) atoms. The second-order valence-corrected chi connectivity index (χ2v) is 8.28. The van der Waals surface area contributed by atoms with Crippen molar-refractivity contribution < 1.29 is 23.8 Å². The molecule has 3 atom stereocenters. The standard InChI is InChI=1S/C20H22N2O5S/c1-4-25-14-7-5-13(6-8-14)21-18-22-15(10-28-18)19(3)11-20(17(24)27-19)9-12(2)26-16(20)23/h5-8,10,12H,4,9,11H2,1-3H3,(H,21,22)/t12-,19+,20-/m1/s1. The number of nitrogens with one attached hydrogen (secondary N) is 1. The summed E-state index contributed by atoms with van der Waals surface area (Å²) in [5.74, 6) is -0.198. The number of cyclic esters (lactones) is 2. The van der Waals surface area contributed by atoms with Gasteiger partial charge in [0.25, 0.3) is 0 Å². The smallest absolute Gasteiger partial charge is 0.324 e. The number of hydrogen-bond acceptors (Lipinski definition) is 8. The molecule has 3 heterocycles. The highest BCUT2D eigenvalue weighted by Crippen LogP contribution is 2.52. The zero-order valence-corrected chi connectivity index (χ0v) is 16.8. The van der Waals surface area contributed by atoms with Crippen molar-refractivity contribution in [1.29, 1.82) is 0 Å². The summed E-state index contributed by atoms with van der Waals surface area (Å²) in [5, 5.41) is 5.78. The van der Waals surface area contributed by atoms with Crippen LogP contribution in [-0.4, -0.2) is 29.6 Å². The Hall–Kier alpha value is -2.61. The minimum atomic E-state index is -1.21. The molecule has 2 fully saturated rings. The Bertz CT molecular complexity index is 912. The normalized spacial score (nSPS) is 29.0.